The quantitative estimate of drug-likeness (QED) is 0.218. The van der Waals surface area contributed by atoms with Crippen molar-refractivity contribution >= 4 is 0 Å². The fourth-order valence-electron chi connectivity index (χ4n) is 7.66. The normalized spacial score (nSPS) is 25.5. The average Bonchev–Trinajstić information content (AvgIpc) is 3.02. The first-order valence-corrected chi connectivity index (χ1v) is 18.7. The fraction of sp³-hybridized carbons (Fsp3) is 1.00. The third-order valence-electron chi connectivity index (χ3n) is 10.9. The molecule has 0 amide bonds. The van der Waals surface area contributed by atoms with Crippen LogP contribution in [0, 0.1) is 16.7 Å². The first-order chi connectivity index (χ1) is 20.7. The van der Waals surface area contributed by atoms with Crippen LogP contribution in [0.5, 0.6) is 0 Å². The van der Waals surface area contributed by atoms with Gasteiger partial charge < -0.3 is 25.5 Å². The van der Waals surface area contributed by atoms with E-state index in [0.29, 0.717) is 12.8 Å². The number of aliphatic hydroxyl groups is 5. The Hall–Kier alpha value is -0.200. The molecule has 0 aliphatic heterocycles. The Morgan fingerprint density at radius 3 is 0.833 bits per heavy atom. The highest BCUT2D eigenvalue weighted by atomic mass is 16.3. The lowest BCUT2D eigenvalue weighted by Crippen LogP contribution is -2.57. The molecular formula is C37H74O5. The van der Waals surface area contributed by atoms with Crippen LogP contribution in [0.15, 0.2) is 0 Å². The van der Waals surface area contributed by atoms with Gasteiger partial charge in [-0.1, -0.05) is 173 Å². The van der Waals surface area contributed by atoms with E-state index in [0.717, 1.165) is 32.1 Å². The van der Waals surface area contributed by atoms with Gasteiger partial charge in [0.1, 0.15) is 0 Å². The van der Waals surface area contributed by atoms with Gasteiger partial charge in [0.2, 0.25) is 0 Å². The van der Waals surface area contributed by atoms with E-state index in [1.54, 1.807) is 0 Å². The van der Waals surface area contributed by atoms with Gasteiger partial charge in [-0.05, 0) is 18.8 Å². The molecule has 1 atom stereocenters. The SMILES string of the molecule is OCC1CCCCCCCCCCCCCCCCCCCCCCCCCCCCCC(CO)(CO)C1(CO)CO. The molecule has 0 heterocycles. The zero-order valence-corrected chi connectivity index (χ0v) is 27.9. The summed E-state index contributed by atoms with van der Waals surface area (Å²) < 4.78 is 0. The summed E-state index contributed by atoms with van der Waals surface area (Å²) in [6.45, 7) is -1.41. The van der Waals surface area contributed by atoms with Crippen LogP contribution in [-0.2, 0) is 0 Å². The molecule has 1 aliphatic carbocycles. The summed E-state index contributed by atoms with van der Waals surface area (Å²) in [6.07, 6.45) is 36.1. The molecule has 0 aromatic heterocycles. The molecule has 1 rings (SSSR count). The molecule has 0 saturated heterocycles. The number of aliphatic hydroxyl groups excluding tert-OH is 5. The first-order valence-electron chi connectivity index (χ1n) is 18.7. The fourth-order valence-corrected chi connectivity index (χ4v) is 7.66. The number of hydrogen-bond acceptors (Lipinski definition) is 5. The van der Waals surface area contributed by atoms with Gasteiger partial charge in [-0.3, -0.25) is 0 Å². The highest BCUT2D eigenvalue weighted by molar-refractivity contribution is 5.01. The van der Waals surface area contributed by atoms with Crippen LogP contribution >= 0.6 is 0 Å². The molecule has 1 saturated carbocycles. The summed E-state index contributed by atoms with van der Waals surface area (Å²) >= 11 is 0. The highest BCUT2D eigenvalue weighted by Gasteiger charge is 2.53. The topological polar surface area (TPSA) is 101 Å². The van der Waals surface area contributed by atoms with Crippen molar-refractivity contribution < 1.29 is 25.5 Å². The summed E-state index contributed by atoms with van der Waals surface area (Å²) in [4.78, 5) is 0. The average molecular weight is 599 g/mol. The van der Waals surface area contributed by atoms with E-state index in [4.69, 9.17) is 0 Å². The molecule has 5 N–H and O–H groups in total. The maximum Gasteiger partial charge on any atom is 0.0520 e. The first kappa shape index (κ1) is 39.8. The van der Waals surface area contributed by atoms with Crippen LogP contribution < -0.4 is 0 Å². The van der Waals surface area contributed by atoms with Crippen LogP contribution in [0.25, 0.3) is 0 Å². The van der Waals surface area contributed by atoms with Crippen molar-refractivity contribution in [1.29, 1.82) is 0 Å². The van der Waals surface area contributed by atoms with Crippen molar-refractivity contribution in [3.05, 3.63) is 0 Å². The zero-order chi connectivity index (χ0) is 30.6. The molecule has 0 aromatic rings. The van der Waals surface area contributed by atoms with Crippen molar-refractivity contribution in [2.75, 3.05) is 33.0 Å². The summed E-state index contributed by atoms with van der Waals surface area (Å²) in [7, 11) is 0. The van der Waals surface area contributed by atoms with Gasteiger partial charge in [0.25, 0.3) is 0 Å². The predicted molar refractivity (Wildman–Crippen MR) is 178 cm³/mol. The standard InChI is InChI=1S/C37H74O5/c38-30-35-28-26-24-22-20-18-16-14-12-10-8-6-4-2-1-3-5-7-9-11-13-15-17-19-21-23-25-27-29-36(31-39,32-40)37(35,33-41)34-42/h35,38-42H,1-34H2. The Bertz CT molecular complexity index is 560. The van der Waals surface area contributed by atoms with E-state index in [1.165, 1.54) is 141 Å². The maximum atomic E-state index is 10.6. The van der Waals surface area contributed by atoms with E-state index in [-0.39, 0.29) is 39.0 Å². The second kappa shape index (κ2) is 27.1. The Kier molecular flexibility index (Phi) is 25.7. The molecule has 0 radical (unpaired) electrons. The molecule has 252 valence electrons. The minimum Gasteiger partial charge on any atom is -0.396 e. The molecular weight excluding hydrogens is 524 g/mol. The van der Waals surface area contributed by atoms with Crippen molar-refractivity contribution in [1.82, 2.24) is 0 Å². The van der Waals surface area contributed by atoms with Crippen LogP contribution in [0.3, 0.4) is 0 Å². The van der Waals surface area contributed by atoms with Gasteiger partial charge in [-0.15, -0.1) is 0 Å². The van der Waals surface area contributed by atoms with Crippen molar-refractivity contribution in [3.63, 3.8) is 0 Å². The molecule has 5 nitrogen and oxygen atoms in total. The van der Waals surface area contributed by atoms with Crippen molar-refractivity contribution in [3.8, 4) is 0 Å². The van der Waals surface area contributed by atoms with Crippen LogP contribution in [0.1, 0.15) is 186 Å². The monoisotopic (exact) mass is 599 g/mol. The van der Waals surface area contributed by atoms with Gasteiger partial charge in [-0.2, -0.15) is 0 Å². The lowest BCUT2D eigenvalue weighted by molar-refractivity contribution is -0.159. The van der Waals surface area contributed by atoms with Gasteiger partial charge in [0, 0.05) is 17.4 Å². The van der Waals surface area contributed by atoms with E-state index in [1.807, 2.05) is 0 Å². The molecule has 5 heteroatoms. The second-order valence-corrected chi connectivity index (χ2v) is 14.0. The van der Waals surface area contributed by atoms with E-state index in [9.17, 15) is 25.5 Å². The van der Waals surface area contributed by atoms with Crippen molar-refractivity contribution in [2.24, 2.45) is 16.7 Å². The number of rotatable bonds is 5. The Morgan fingerprint density at radius 1 is 0.333 bits per heavy atom. The van der Waals surface area contributed by atoms with E-state index in [2.05, 4.69) is 0 Å². The van der Waals surface area contributed by atoms with Crippen molar-refractivity contribution in [2.45, 2.75) is 186 Å². The zero-order valence-electron chi connectivity index (χ0n) is 27.9. The van der Waals surface area contributed by atoms with E-state index >= 15 is 0 Å². The summed E-state index contributed by atoms with van der Waals surface area (Å²) in [5.41, 5.74) is -2.09. The summed E-state index contributed by atoms with van der Waals surface area (Å²) in [5.74, 6) is -0.346. The summed E-state index contributed by atoms with van der Waals surface area (Å²) in [6, 6.07) is 0. The molecule has 1 aliphatic rings. The second-order valence-electron chi connectivity index (χ2n) is 14.0. The highest BCUT2D eigenvalue weighted by Crippen LogP contribution is 2.49. The Labute approximate surface area is 261 Å². The minimum absolute atomic E-state index is 0.150. The lowest BCUT2D eigenvalue weighted by Gasteiger charge is -2.51. The van der Waals surface area contributed by atoms with Gasteiger partial charge in [-0.25, -0.2) is 0 Å². The summed E-state index contributed by atoms with van der Waals surface area (Å²) in [5, 5.41) is 52.6. The minimum atomic E-state index is -1.09. The largest absolute Gasteiger partial charge is 0.396 e. The van der Waals surface area contributed by atoms with Gasteiger partial charge in [0.05, 0.1) is 26.4 Å². The third-order valence-corrected chi connectivity index (χ3v) is 10.9. The predicted octanol–water partition coefficient (Wildman–Crippen LogP) is 8.86. The Balaban J connectivity index is 2.61. The van der Waals surface area contributed by atoms with Gasteiger partial charge >= 0.3 is 0 Å². The molecule has 1 fully saturated rings. The maximum absolute atomic E-state index is 10.6. The smallest absolute Gasteiger partial charge is 0.0520 e. The third kappa shape index (κ3) is 15.7. The van der Waals surface area contributed by atoms with Crippen LogP contribution in [-0.4, -0.2) is 58.6 Å². The molecule has 0 bridgehead atoms. The van der Waals surface area contributed by atoms with Crippen LogP contribution in [0.4, 0.5) is 0 Å². The number of hydrogen-bond donors (Lipinski definition) is 5. The molecule has 1 unspecified atom stereocenters. The Morgan fingerprint density at radius 2 is 0.595 bits per heavy atom. The van der Waals surface area contributed by atoms with Crippen LogP contribution in [0.2, 0.25) is 0 Å². The van der Waals surface area contributed by atoms with Gasteiger partial charge in [0.15, 0.2) is 0 Å². The lowest BCUT2D eigenvalue weighted by atomic mass is 9.55. The molecule has 0 aromatic carbocycles. The molecule has 0 spiro atoms. The molecule has 42 heavy (non-hydrogen) atoms. The van der Waals surface area contributed by atoms with E-state index < -0.39 is 10.8 Å².